The highest BCUT2D eigenvalue weighted by atomic mass is 16.6. The topological polar surface area (TPSA) is 102 Å². The van der Waals surface area contributed by atoms with Crippen LogP contribution in [0.3, 0.4) is 0 Å². The van der Waals surface area contributed by atoms with Crippen LogP contribution in [0.2, 0.25) is 0 Å². The second-order valence-corrected chi connectivity index (χ2v) is 7.10. The van der Waals surface area contributed by atoms with Crippen LogP contribution < -0.4 is 10.2 Å². The maximum absolute atomic E-state index is 12.3. The lowest BCUT2D eigenvalue weighted by molar-refractivity contribution is -0.384. The van der Waals surface area contributed by atoms with Crippen molar-refractivity contribution in [3.63, 3.8) is 0 Å². The molecule has 8 nitrogen and oxygen atoms in total. The molecule has 0 unspecified atom stereocenters. The minimum atomic E-state index is -0.965. The maximum atomic E-state index is 12.3. The molecule has 148 valence electrons. The van der Waals surface area contributed by atoms with Gasteiger partial charge in [0.2, 0.25) is 0 Å². The molecule has 0 spiro atoms. The van der Waals surface area contributed by atoms with E-state index in [9.17, 15) is 19.7 Å². The van der Waals surface area contributed by atoms with Gasteiger partial charge in [0.15, 0.2) is 6.10 Å². The normalized spacial score (nSPS) is 16.1. The standard InChI is InChI=1S/C19H27N3O5/c1-13(18(23)20-15-8-6-4-5-7-9-15)27-19(24)14-10-11-16(21(2)3)17(12-14)22(25)26/h10-13,15H,4-9H2,1-3H3,(H,20,23)/t13-/m0/s1. The average molecular weight is 377 g/mol. The molecule has 2 rings (SSSR count). The number of hydrogen-bond acceptors (Lipinski definition) is 6. The minimum absolute atomic E-state index is 0.0430. The van der Waals surface area contributed by atoms with Crippen molar-refractivity contribution >= 4 is 23.3 Å². The van der Waals surface area contributed by atoms with Gasteiger partial charge in [-0.05, 0) is 31.9 Å². The van der Waals surface area contributed by atoms with E-state index in [1.807, 2.05) is 0 Å². The average Bonchev–Trinajstić information content (AvgIpc) is 2.89. The fourth-order valence-electron chi connectivity index (χ4n) is 3.20. The zero-order valence-corrected chi connectivity index (χ0v) is 16.1. The van der Waals surface area contributed by atoms with E-state index in [0.717, 1.165) is 25.7 Å². The predicted molar refractivity (Wildman–Crippen MR) is 102 cm³/mol. The van der Waals surface area contributed by atoms with Crippen LogP contribution in [0.25, 0.3) is 0 Å². The molecule has 1 aromatic carbocycles. The quantitative estimate of drug-likeness (QED) is 0.354. The Bertz CT molecular complexity index is 697. The molecule has 1 aliphatic carbocycles. The predicted octanol–water partition coefficient (Wildman–Crippen LogP) is 3.05. The number of nitro groups is 1. The second-order valence-electron chi connectivity index (χ2n) is 7.10. The van der Waals surface area contributed by atoms with Crippen molar-refractivity contribution in [3.8, 4) is 0 Å². The Labute approximate surface area is 159 Å². The lowest BCUT2D eigenvalue weighted by atomic mass is 10.1. The van der Waals surface area contributed by atoms with E-state index in [-0.39, 0.29) is 23.2 Å². The highest BCUT2D eigenvalue weighted by Crippen LogP contribution is 2.28. The molecule has 1 aromatic rings. The lowest BCUT2D eigenvalue weighted by Crippen LogP contribution is -2.41. The van der Waals surface area contributed by atoms with E-state index < -0.39 is 17.0 Å². The van der Waals surface area contributed by atoms with Crippen molar-refractivity contribution < 1.29 is 19.2 Å². The smallest absolute Gasteiger partial charge is 0.339 e. The fourth-order valence-corrected chi connectivity index (χ4v) is 3.20. The molecule has 0 aromatic heterocycles. The van der Waals surface area contributed by atoms with Gasteiger partial charge >= 0.3 is 5.97 Å². The van der Waals surface area contributed by atoms with Crippen LogP contribution in [0.15, 0.2) is 18.2 Å². The zero-order chi connectivity index (χ0) is 20.0. The summed E-state index contributed by atoms with van der Waals surface area (Å²) in [4.78, 5) is 36.9. The van der Waals surface area contributed by atoms with Crippen molar-refractivity contribution in [2.75, 3.05) is 19.0 Å². The van der Waals surface area contributed by atoms with Gasteiger partial charge in [-0.15, -0.1) is 0 Å². The van der Waals surface area contributed by atoms with E-state index in [0.29, 0.717) is 5.69 Å². The highest BCUT2D eigenvalue weighted by Gasteiger charge is 2.24. The number of rotatable bonds is 6. The molecule has 0 heterocycles. The Morgan fingerprint density at radius 3 is 2.41 bits per heavy atom. The lowest BCUT2D eigenvalue weighted by Gasteiger charge is -2.20. The fraction of sp³-hybridized carbons (Fsp3) is 0.579. The van der Waals surface area contributed by atoms with E-state index >= 15 is 0 Å². The molecule has 0 aliphatic heterocycles. The third-order valence-electron chi connectivity index (χ3n) is 4.74. The number of nitrogens with one attached hydrogen (secondary N) is 1. The zero-order valence-electron chi connectivity index (χ0n) is 16.1. The largest absolute Gasteiger partial charge is 0.449 e. The molecule has 1 fully saturated rings. The van der Waals surface area contributed by atoms with Crippen LogP contribution in [0, 0.1) is 10.1 Å². The first-order valence-corrected chi connectivity index (χ1v) is 9.26. The monoisotopic (exact) mass is 377 g/mol. The van der Waals surface area contributed by atoms with Gasteiger partial charge < -0.3 is 15.0 Å². The van der Waals surface area contributed by atoms with Gasteiger partial charge in [0.05, 0.1) is 10.5 Å². The molecule has 0 radical (unpaired) electrons. The number of nitrogens with zero attached hydrogens (tertiary/aromatic N) is 2. The number of carbonyl (C=O) groups excluding carboxylic acids is 2. The summed E-state index contributed by atoms with van der Waals surface area (Å²) in [6.07, 6.45) is 5.43. The summed E-state index contributed by atoms with van der Waals surface area (Å²) in [6, 6.07) is 4.24. The number of carbonyl (C=O) groups is 2. The third kappa shape index (κ3) is 5.67. The van der Waals surface area contributed by atoms with E-state index in [4.69, 9.17) is 4.74 Å². The summed E-state index contributed by atoms with van der Waals surface area (Å²) < 4.78 is 5.22. The summed E-state index contributed by atoms with van der Waals surface area (Å²) in [7, 11) is 3.36. The molecule has 1 amide bonds. The van der Waals surface area contributed by atoms with Gasteiger partial charge in [0.1, 0.15) is 5.69 Å². The summed E-state index contributed by atoms with van der Waals surface area (Å²) in [6.45, 7) is 1.51. The number of amides is 1. The van der Waals surface area contributed by atoms with Crippen molar-refractivity contribution in [1.82, 2.24) is 5.32 Å². The van der Waals surface area contributed by atoms with Gasteiger partial charge in [0.25, 0.3) is 11.6 Å². The Morgan fingerprint density at radius 1 is 1.22 bits per heavy atom. The molecule has 1 atom stereocenters. The Morgan fingerprint density at radius 2 is 1.85 bits per heavy atom. The molecule has 0 bridgehead atoms. The van der Waals surface area contributed by atoms with Gasteiger partial charge in [-0.2, -0.15) is 0 Å². The summed E-state index contributed by atoms with van der Waals surface area (Å²) in [5.41, 5.74) is 0.238. The third-order valence-corrected chi connectivity index (χ3v) is 4.74. The minimum Gasteiger partial charge on any atom is -0.449 e. The first-order valence-electron chi connectivity index (χ1n) is 9.26. The van der Waals surface area contributed by atoms with Crippen molar-refractivity contribution in [1.29, 1.82) is 0 Å². The number of anilines is 1. The Balaban J connectivity index is 2.01. The maximum Gasteiger partial charge on any atom is 0.339 e. The molecular formula is C19H27N3O5. The Kier molecular flexibility index (Phi) is 7.15. The molecule has 0 saturated heterocycles. The van der Waals surface area contributed by atoms with Crippen LogP contribution in [-0.4, -0.2) is 43.0 Å². The first kappa shape index (κ1) is 20.7. The number of benzene rings is 1. The Hall–Kier alpha value is -2.64. The molecular weight excluding hydrogens is 350 g/mol. The summed E-state index contributed by atoms with van der Waals surface area (Å²) in [5.74, 6) is -1.10. The van der Waals surface area contributed by atoms with Crippen LogP contribution in [0.4, 0.5) is 11.4 Å². The van der Waals surface area contributed by atoms with Crippen molar-refractivity contribution in [2.24, 2.45) is 0 Å². The van der Waals surface area contributed by atoms with Crippen LogP contribution >= 0.6 is 0 Å². The molecule has 1 saturated carbocycles. The van der Waals surface area contributed by atoms with Crippen molar-refractivity contribution in [3.05, 3.63) is 33.9 Å². The number of hydrogen-bond donors (Lipinski definition) is 1. The van der Waals surface area contributed by atoms with E-state index in [1.54, 1.807) is 19.0 Å². The molecule has 27 heavy (non-hydrogen) atoms. The van der Waals surface area contributed by atoms with Gasteiger partial charge in [-0.3, -0.25) is 14.9 Å². The number of esters is 1. The highest BCUT2D eigenvalue weighted by molar-refractivity contribution is 5.93. The summed E-state index contributed by atoms with van der Waals surface area (Å²) >= 11 is 0. The van der Waals surface area contributed by atoms with Gasteiger partial charge in [0, 0.05) is 26.2 Å². The first-order chi connectivity index (χ1) is 12.8. The van der Waals surface area contributed by atoms with Crippen LogP contribution in [-0.2, 0) is 9.53 Å². The van der Waals surface area contributed by atoms with E-state index in [2.05, 4.69) is 5.32 Å². The SMILES string of the molecule is C[C@H](OC(=O)c1ccc(N(C)C)c([N+](=O)[O-])c1)C(=O)NC1CCCCCC1. The summed E-state index contributed by atoms with van der Waals surface area (Å²) in [5, 5.41) is 14.2. The van der Waals surface area contributed by atoms with Gasteiger partial charge in [-0.25, -0.2) is 4.79 Å². The number of ether oxygens (including phenoxy) is 1. The molecule has 1 N–H and O–H groups in total. The number of nitro benzene ring substituents is 1. The van der Waals surface area contributed by atoms with Crippen molar-refractivity contribution in [2.45, 2.75) is 57.6 Å². The van der Waals surface area contributed by atoms with Crippen LogP contribution in [0.1, 0.15) is 55.8 Å². The van der Waals surface area contributed by atoms with E-state index in [1.165, 1.54) is 38.0 Å². The molecule has 1 aliphatic rings. The molecule has 8 heteroatoms. The van der Waals surface area contributed by atoms with Crippen LogP contribution in [0.5, 0.6) is 0 Å². The second kappa shape index (κ2) is 9.34. The van der Waals surface area contributed by atoms with Gasteiger partial charge in [-0.1, -0.05) is 25.7 Å².